The molecule has 0 heterocycles. The van der Waals surface area contributed by atoms with Crippen LogP contribution >= 0.6 is 0 Å². The maximum Gasteiger partial charge on any atom is 0.384 e. The highest BCUT2D eigenvalue weighted by molar-refractivity contribution is 5.89. The Morgan fingerprint density at radius 1 is 0.720 bits per heavy atom. The van der Waals surface area contributed by atoms with Crippen LogP contribution in [0.4, 0.5) is 0 Å². The van der Waals surface area contributed by atoms with E-state index in [1.165, 1.54) is 14.2 Å². The van der Waals surface area contributed by atoms with Crippen LogP contribution in [-0.4, -0.2) is 26.2 Å². The second-order valence-corrected chi connectivity index (χ2v) is 5.05. The predicted molar refractivity (Wildman–Crippen MR) is 93.5 cm³/mol. The molecule has 4 nitrogen and oxygen atoms in total. The van der Waals surface area contributed by atoms with Crippen molar-refractivity contribution in [2.45, 2.75) is 6.42 Å². The van der Waals surface area contributed by atoms with Crippen LogP contribution in [0.3, 0.4) is 0 Å². The number of ether oxygens (including phenoxy) is 2. The summed E-state index contributed by atoms with van der Waals surface area (Å²) < 4.78 is 8.95. The van der Waals surface area contributed by atoms with Crippen molar-refractivity contribution in [1.82, 2.24) is 0 Å². The monoisotopic (exact) mass is 332 g/mol. The van der Waals surface area contributed by atoms with Gasteiger partial charge < -0.3 is 9.47 Å². The second-order valence-electron chi connectivity index (χ2n) is 5.05. The van der Waals surface area contributed by atoms with Gasteiger partial charge in [-0.2, -0.15) is 0 Å². The smallest absolute Gasteiger partial charge is 0.384 e. The number of esters is 2. The van der Waals surface area contributed by atoms with Crippen LogP contribution in [0.1, 0.15) is 22.3 Å². The van der Waals surface area contributed by atoms with E-state index >= 15 is 0 Å². The lowest BCUT2D eigenvalue weighted by molar-refractivity contribution is -0.134. The van der Waals surface area contributed by atoms with E-state index < -0.39 is 11.9 Å². The number of hydrogen-bond donors (Lipinski definition) is 0. The SMILES string of the molecule is COC(=O)C#Cc1ccc(Cc2ccc(C#CC(=O)OC)cc2)cc1. The number of hydrogen-bond acceptors (Lipinski definition) is 4. The third-order valence-corrected chi connectivity index (χ3v) is 3.30. The lowest BCUT2D eigenvalue weighted by Gasteiger charge is -2.02. The topological polar surface area (TPSA) is 52.6 Å². The summed E-state index contributed by atoms with van der Waals surface area (Å²) in [4.78, 5) is 22.0. The van der Waals surface area contributed by atoms with Gasteiger partial charge in [0.15, 0.2) is 0 Å². The molecule has 0 aromatic heterocycles. The fourth-order valence-electron chi connectivity index (χ4n) is 2.00. The van der Waals surface area contributed by atoms with Crippen molar-refractivity contribution in [2.24, 2.45) is 0 Å². The zero-order valence-corrected chi connectivity index (χ0v) is 14.0. The van der Waals surface area contributed by atoms with Crippen LogP contribution < -0.4 is 0 Å². The number of methoxy groups -OCH3 is 2. The van der Waals surface area contributed by atoms with Crippen molar-refractivity contribution in [1.29, 1.82) is 0 Å². The first-order valence-electron chi connectivity index (χ1n) is 7.48. The fraction of sp³-hybridized carbons (Fsp3) is 0.143. The van der Waals surface area contributed by atoms with Gasteiger partial charge in [-0.3, -0.25) is 0 Å². The maximum absolute atomic E-state index is 11.0. The minimum atomic E-state index is -0.556. The second kappa shape index (κ2) is 8.96. The highest BCUT2D eigenvalue weighted by atomic mass is 16.5. The van der Waals surface area contributed by atoms with Crippen molar-refractivity contribution in [3.8, 4) is 23.7 Å². The van der Waals surface area contributed by atoms with Crippen molar-refractivity contribution in [3.63, 3.8) is 0 Å². The predicted octanol–water partition coefficient (Wildman–Crippen LogP) is 2.33. The molecule has 0 spiro atoms. The summed E-state index contributed by atoms with van der Waals surface area (Å²) >= 11 is 0. The highest BCUT2D eigenvalue weighted by Crippen LogP contribution is 2.11. The molecule has 0 atom stereocenters. The van der Waals surface area contributed by atoms with Crippen LogP contribution in [0.5, 0.6) is 0 Å². The molecule has 0 aliphatic heterocycles. The van der Waals surface area contributed by atoms with E-state index in [1.807, 2.05) is 48.5 Å². The molecule has 25 heavy (non-hydrogen) atoms. The first-order valence-corrected chi connectivity index (χ1v) is 7.48. The summed E-state index contributed by atoms with van der Waals surface area (Å²) in [6.45, 7) is 0. The molecular formula is C21H16O4. The van der Waals surface area contributed by atoms with E-state index in [0.29, 0.717) is 0 Å². The Balaban J connectivity index is 2.02. The first kappa shape index (κ1) is 17.8. The standard InChI is InChI=1S/C21H16O4/c1-24-20(22)13-11-16-3-7-18(8-4-16)15-19-9-5-17(6-10-19)12-14-21(23)25-2/h3-10H,15H2,1-2H3. The minimum Gasteiger partial charge on any atom is -0.459 e. The van der Waals surface area contributed by atoms with Crippen LogP contribution in [-0.2, 0) is 25.5 Å². The van der Waals surface area contributed by atoms with Crippen molar-refractivity contribution >= 4 is 11.9 Å². The van der Waals surface area contributed by atoms with Crippen LogP contribution in [0, 0.1) is 23.7 Å². The molecule has 4 heteroatoms. The van der Waals surface area contributed by atoms with E-state index in [2.05, 4.69) is 33.2 Å². The Morgan fingerprint density at radius 3 is 1.40 bits per heavy atom. The summed E-state index contributed by atoms with van der Waals surface area (Å²) in [5.74, 6) is 9.16. The van der Waals surface area contributed by atoms with Crippen LogP contribution in [0.15, 0.2) is 48.5 Å². The van der Waals surface area contributed by atoms with Gasteiger partial charge in [-0.25, -0.2) is 9.59 Å². The number of carbonyl (C=O) groups excluding carboxylic acids is 2. The van der Waals surface area contributed by atoms with Gasteiger partial charge in [-0.15, -0.1) is 0 Å². The van der Waals surface area contributed by atoms with Crippen molar-refractivity contribution in [3.05, 3.63) is 70.8 Å². The minimum absolute atomic E-state index is 0.556. The summed E-state index contributed by atoms with van der Waals surface area (Å²) in [6.07, 6.45) is 0.759. The summed E-state index contributed by atoms with van der Waals surface area (Å²) in [5, 5.41) is 0. The van der Waals surface area contributed by atoms with Gasteiger partial charge in [0.05, 0.1) is 14.2 Å². The third-order valence-electron chi connectivity index (χ3n) is 3.30. The van der Waals surface area contributed by atoms with Gasteiger partial charge in [-0.05, 0) is 41.8 Å². The van der Waals surface area contributed by atoms with Gasteiger partial charge in [0.25, 0.3) is 0 Å². The number of rotatable bonds is 2. The molecule has 2 aromatic carbocycles. The van der Waals surface area contributed by atoms with Gasteiger partial charge in [0, 0.05) is 23.0 Å². The Hall–Kier alpha value is -3.50. The van der Waals surface area contributed by atoms with Gasteiger partial charge in [0.2, 0.25) is 0 Å². The fourth-order valence-corrected chi connectivity index (χ4v) is 2.00. The van der Waals surface area contributed by atoms with E-state index in [-0.39, 0.29) is 0 Å². The van der Waals surface area contributed by atoms with E-state index in [4.69, 9.17) is 0 Å². The number of carbonyl (C=O) groups is 2. The third kappa shape index (κ3) is 5.89. The largest absolute Gasteiger partial charge is 0.459 e. The van der Waals surface area contributed by atoms with Crippen LogP contribution in [0.25, 0.3) is 0 Å². The molecule has 0 radical (unpaired) electrons. The normalized spacial score (nSPS) is 9.04. The first-order chi connectivity index (χ1) is 12.1. The van der Waals surface area contributed by atoms with Gasteiger partial charge in [0.1, 0.15) is 0 Å². The van der Waals surface area contributed by atoms with Crippen molar-refractivity contribution < 1.29 is 19.1 Å². The molecule has 0 fully saturated rings. The molecule has 124 valence electrons. The van der Waals surface area contributed by atoms with Crippen molar-refractivity contribution in [2.75, 3.05) is 14.2 Å². The Kier molecular flexibility index (Phi) is 6.39. The zero-order chi connectivity index (χ0) is 18.1. The summed E-state index contributed by atoms with van der Waals surface area (Å²) in [6, 6.07) is 15.3. The Labute approximate surface area is 146 Å². The molecular weight excluding hydrogens is 316 g/mol. The quantitative estimate of drug-likeness (QED) is 0.626. The molecule has 0 N–H and O–H groups in total. The van der Waals surface area contributed by atoms with E-state index in [9.17, 15) is 9.59 Å². The summed E-state index contributed by atoms with van der Waals surface area (Å²) in [7, 11) is 2.60. The van der Waals surface area contributed by atoms with Gasteiger partial charge >= 0.3 is 11.9 Å². The molecule has 2 aromatic rings. The lowest BCUT2D eigenvalue weighted by atomic mass is 10.0. The number of benzene rings is 2. The molecule has 0 amide bonds. The molecule has 2 rings (SSSR count). The summed E-state index contributed by atoms with van der Waals surface area (Å²) in [5.41, 5.74) is 3.75. The van der Waals surface area contributed by atoms with Crippen LogP contribution in [0.2, 0.25) is 0 Å². The van der Waals surface area contributed by atoms with Gasteiger partial charge in [-0.1, -0.05) is 36.1 Å². The molecule has 0 bridgehead atoms. The average molecular weight is 332 g/mol. The highest BCUT2D eigenvalue weighted by Gasteiger charge is 1.98. The lowest BCUT2D eigenvalue weighted by Crippen LogP contribution is -1.94. The Bertz CT molecular complexity index is 794. The molecule has 0 aliphatic rings. The van der Waals surface area contributed by atoms with E-state index in [0.717, 1.165) is 28.7 Å². The molecule has 0 aliphatic carbocycles. The zero-order valence-electron chi connectivity index (χ0n) is 14.0. The molecule has 0 saturated carbocycles. The van der Waals surface area contributed by atoms with E-state index in [1.54, 1.807) is 0 Å². The Morgan fingerprint density at radius 2 is 1.08 bits per heavy atom. The maximum atomic E-state index is 11.0. The average Bonchev–Trinajstić information content (AvgIpc) is 2.66. The molecule has 0 unspecified atom stereocenters. The molecule has 0 saturated heterocycles.